The highest BCUT2D eigenvalue weighted by atomic mass is 35.5. The van der Waals surface area contributed by atoms with Crippen LogP contribution in [-0.2, 0) is 19.3 Å². The zero-order valence-corrected chi connectivity index (χ0v) is 17.8. The zero-order valence-electron chi connectivity index (χ0n) is 16.3. The van der Waals surface area contributed by atoms with Gasteiger partial charge in [0, 0.05) is 42.5 Å². The van der Waals surface area contributed by atoms with Crippen molar-refractivity contribution in [1.29, 1.82) is 0 Å². The average Bonchev–Trinajstić information content (AvgIpc) is 3.22. The summed E-state index contributed by atoms with van der Waals surface area (Å²) in [5.74, 6) is -0.546. The maximum Gasteiger partial charge on any atom is 0.210 e. The maximum atomic E-state index is 13.5. The van der Waals surface area contributed by atoms with Crippen LogP contribution in [0.4, 0.5) is 5.69 Å². The second kappa shape index (κ2) is 7.50. The third-order valence-electron chi connectivity index (χ3n) is 5.77. The molecule has 2 aliphatic heterocycles. The number of piperidine rings is 1. The van der Waals surface area contributed by atoms with Crippen LogP contribution in [0.3, 0.4) is 0 Å². The van der Waals surface area contributed by atoms with Crippen molar-refractivity contribution in [2.75, 3.05) is 31.2 Å². The molecule has 0 radical (unpaired) electrons. The number of sulfone groups is 1. The van der Waals surface area contributed by atoms with Gasteiger partial charge in [0.15, 0.2) is 5.79 Å². The molecule has 30 heavy (non-hydrogen) atoms. The Morgan fingerprint density at radius 1 is 1.00 bits per heavy atom. The Balaban J connectivity index is 1.65. The molecule has 2 aliphatic rings. The highest BCUT2D eigenvalue weighted by Crippen LogP contribution is 2.40. The summed E-state index contributed by atoms with van der Waals surface area (Å²) in [6.07, 6.45) is 2.80. The Morgan fingerprint density at radius 2 is 1.70 bits per heavy atom. The molecule has 0 bridgehead atoms. The Labute approximate surface area is 180 Å². The molecule has 0 unspecified atom stereocenters. The fraction of sp³-hybridized carbons (Fsp3) is 0.318. The van der Waals surface area contributed by atoms with E-state index in [9.17, 15) is 8.42 Å². The normalized spacial score (nSPS) is 18.9. The van der Waals surface area contributed by atoms with Gasteiger partial charge in [0.25, 0.3) is 0 Å². The van der Waals surface area contributed by atoms with Gasteiger partial charge >= 0.3 is 0 Å². The number of nitrogens with zero attached hydrogens (tertiary/aromatic N) is 2. The minimum atomic E-state index is -3.76. The van der Waals surface area contributed by atoms with Crippen molar-refractivity contribution in [3.63, 3.8) is 0 Å². The first-order valence-corrected chi connectivity index (χ1v) is 11.8. The number of halogens is 1. The lowest BCUT2D eigenvalue weighted by Gasteiger charge is -2.39. The summed E-state index contributed by atoms with van der Waals surface area (Å²) >= 11 is 6.28. The first kappa shape index (κ1) is 19.8. The van der Waals surface area contributed by atoms with Crippen LogP contribution in [0.25, 0.3) is 10.9 Å². The lowest BCUT2D eigenvalue weighted by Crippen LogP contribution is -2.45. The van der Waals surface area contributed by atoms with Crippen molar-refractivity contribution in [3.8, 4) is 0 Å². The number of benzene rings is 2. The molecule has 0 N–H and O–H groups in total. The lowest BCUT2D eigenvalue weighted by molar-refractivity contribution is -0.169. The number of aromatic nitrogens is 1. The monoisotopic (exact) mass is 444 g/mol. The quantitative estimate of drug-likeness (QED) is 0.606. The molecule has 3 heterocycles. The molecule has 5 rings (SSSR count). The molecule has 6 nitrogen and oxygen atoms in total. The standard InChI is InChI=1S/C22H21ClN2O4S/c23-16-6-7-19-18(14-16)21(25-10-8-22(9-11-25)28-12-13-29-22)20(15-24-19)30(26,27)17-4-2-1-3-5-17/h1-7,14-15H,8-13H2. The number of anilines is 1. The first-order chi connectivity index (χ1) is 14.5. The van der Waals surface area contributed by atoms with Gasteiger partial charge < -0.3 is 14.4 Å². The van der Waals surface area contributed by atoms with Gasteiger partial charge in [-0.15, -0.1) is 0 Å². The molecule has 0 amide bonds. The lowest BCUT2D eigenvalue weighted by atomic mass is 10.0. The van der Waals surface area contributed by atoms with E-state index in [1.54, 1.807) is 42.5 Å². The third-order valence-corrected chi connectivity index (χ3v) is 7.77. The fourth-order valence-electron chi connectivity index (χ4n) is 4.24. The van der Waals surface area contributed by atoms with Crippen molar-refractivity contribution in [2.45, 2.75) is 28.4 Å². The van der Waals surface area contributed by atoms with Gasteiger partial charge in [-0.3, -0.25) is 4.98 Å². The molecule has 0 saturated carbocycles. The molecule has 156 valence electrons. The minimum Gasteiger partial charge on any atom is -0.369 e. The van der Waals surface area contributed by atoms with E-state index < -0.39 is 15.6 Å². The number of pyridine rings is 1. The molecule has 2 aromatic carbocycles. The van der Waals surface area contributed by atoms with E-state index in [1.165, 1.54) is 6.20 Å². The Morgan fingerprint density at radius 3 is 2.40 bits per heavy atom. The van der Waals surface area contributed by atoms with Crippen molar-refractivity contribution in [1.82, 2.24) is 4.98 Å². The maximum absolute atomic E-state index is 13.5. The van der Waals surface area contributed by atoms with Crippen LogP contribution in [0.2, 0.25) is 5.02 Å². The molecule has 0 atom stereocenters. The second-order valence-corrected chi connectivity index (χ2v) is 9.90. The molecule has 2 fully saturated rings. The summed E-state index contributed by atoms with van der Waals surface area (Å²) in [6, 6.07) is 13.8. The molecule has 8 heteroatoms. The SMILES string of the molecule is O=S(=O)(c1ccccc1)c1cnc2ccc(Cl)cc2c1N1CCC2(CC1)OCCO2. The van der Waals surface area contributed by atoms with E-state index in [0.29, 0.717) is 55.4 Å². The summed E-state index contributed by atoms with van der Waals surface area (Å²) in [5, 5.41) is 1.26. The van der Waals surface area contributed by atoms with E-state index in [-0.39, 0.29) is 9.79 Å². The smallest absolute Gasteiger partial charge is 0.210 e. The summed E-state index contributed by atoms with van der Waals surface area (Å²) in [5.41, 5.74) is 1.34. The van der Waals surface area contributed by atoms with Crippen molar-refractivity contribution in [2.24, 2.45) is 0 Å². The van der Waals surface area contributed by atoms with Gasteiger partial charge in [0.1, 0.15) is 4.90 Å². The van der Waals surface area contributed by atoms with Crippen molar-refractivity contribution < 1.29 is 17.9 Å². The Hall–Kier alpha value is -2.19. The van der Waals surface area contributed by atoms with Crippen LogP contribution in [0, 0.1) is 0 Å². The molecule has 1 spiro atoms. The van der Waals surface area contributed by atoms with Gasteiger partial charge in [-0.05, 0) is 30.3 Å². The van der Waals surface area contributed by atoms with Gasteiger partial charge in [0.05, 0.1) is 29.3 Å². The second-order valence-electron chi connectivity index (χ2n) is 7.54. The summed E-state index contributed by atoms with van der Waals surface area (Å²) < 4.78 is 38.7. The first-order valence-electron chi connectivity index (χ1n) is 9.90. The van der Waals surface area contributed by atoms with E-state index in [1.807, 2.05) is 6.07 Å². The number of hydrogen-bond acceptors (Lipinski definition) is 6. The van der Waals surface area contributed by atoms with E-state index >= 15 is 0 Å². The summed E-state index contributed by atoms with van der Waals surface area (Å²) in [6.45, 7) is 2.43. The van der Waals surface area contributed by atoms with Crippen LogP contribution in [0.5, 0.6) is 0 Å². The predicted octanol–water partition coefficient (Wildman–Crippen LogP) is 4.06. The summed E-state index contributed by atoms with van der Waals surface area (Å²) in [7, 11) is -3.76. The molecule has 1 aromatic heterocycles. The minimum absolute atomic E-state index is 0.188. The van der Waals surface area contributed by atoms with E-state index in [2.05, 4.69) is 9.88 Å². The average molecular weight is 445 g/mol. The van der Waals surface area contributed by atoms with Gasteiger partial charge in [0.2, 0.25) is 9.84 Å². The highest BCUT2D eigenvalue weighted by molar-refractivity contribution is 7.91. The number of rotatable bonds is 3. The largest absolute Gasteiger partial charge is 0.369 e. The van der Waals surface area contributed by atoms with Crippen LogP contribution in [-0.4, -0.2) is 45.5 Å². The zero-order chi connectivity index (χ0) is 20.8. The van der Waals surface area contributed by atoms with E-state index in [4.69, 9.17) is 21.1 Å². The van der Waals surface area contributed by atoms with Crippen LogP contribution in [0.1, 0.15) is 12.8 Å². The van der Waals surface area contributed by atoms with Crippen LogP contribution in [0.15, 0.2) is 64.5 Å². The van der Waals surface area contributed by atoms with E-state index in [0.717, 1.165) is 5.39 Å². The molecular formula is C22H21ClN2O4S. The highest BCUT2D eigenvalue weighted by Gasteiger charge is 2.41. The van der Waals surface area contributed by atoms with Gasteiger partial charge in [-0.1, -0.05) is 29.8 Å². The third kappa shape index (κ3) is 3.36. The fourth-order valence-corrected chi connectivity index (χ4v) is 5.87. The number of fused-ring (bicyclic) bond motifs is 1. The van der Waals surface area contributed by atoms with Gasteiger partial charge in [-0.2, -0.15) is 0 Å². The van der Waals surface area contributed by atoms with Crippen LogP contribution >= 0.6 is 11.6 Å². The van der Waals surface area contributed by atoms with Crippen LogP contribution < -0.4 is 4.90 Å². The summed E-state index contributed by atoms with van der Waals surface area (Å²) in [4.78, 5) is 6.95. The van der Waals surface area contributed by atoms with Gasteiger partial charge in [-0.25, -0.2) is 8.42 Å². The van der Waals surface area contributed by atoms with Crippen molar-refractivity contribution >= 4 is 38.0 Å². The predicted molar refractivity (Wildman–Crippen MR) is 115 cm³/mol. The molecule has 0 aliphatic carbocycles. The molecule has 3 aromatic rings. The molecule has 2 saturated heterocycles. The molecular weight excluding hydrogens is 424 g/mol. The Bertz CT molecular complexity index is 1180. The van der Waals surface area contributed by atoms with Crippen molar-refractivity contribution in [3.05, 3.63) is 59.8 Å². The number of hydrogen-bond donors (Lipinski definition) is 0. The Kier molecular flexibility index (Phi) is 4.94. The topological polar surface area (TPSA) is 68.7 Å². The number of ether oxygens (including phenoxy) is 2.